The van der Waals surface area contributed by atoms with Crippen molar-refractivity contribution >= 4 is 0 Å². The molecule has 4 aromatic rings. The molecular formula is C27H28IrN2O2. The van der Waals surface area contributed by atoms with E-state index in [4.69, 9.17) is 10.2 Å². The molecule has 0 amide bonds. The van der Waals surface area contributed by atoms with E-state index in [1.165, 1.54) is 13.0 Å². The van der Waals surface area contributed by atoms with E-state index in [0.717, 1.165) is 22.5 Å². The van der Waals surface area contributed by atoms with Crippen molar-refractivity contribution in [3.63, 3.8) is 0 Å². The third-order valence-electron chi connectivity index (χ3n) is 3.95. The number of aliphatic hydroxyl groups excluding tert-OH is 2. The molecule has 2 N–H and O–H groups in total. The predicted molar refractivity (Wildman–Crippen MR) is 127 cm³/mol. The van der Waals surface area contributed by atoms with Crippen LogP contribution in [-0.2, 0) is 20.1 Å². The van der Waals surface area contributed by atoms with Gasteiger partial charge >= 0.3 is 0 Å². The van der Waals surface area contributed by atoms with Gasteiger partial charge in [0.05, 0.1) is 23.3 Å². The van der Waals surface area contributed by atoms with Crippen LogP contribution in [0.1, 0.15) is 13.8 Å². The topological polar surface area (TPSA) is 66.2 Å². The van der Waals surface area contributed by atoms with Gasteiger partial charge in [-0.25, -0.2) is 0 Å². The second kappa shape index (κ2) is 15.7. The molecule has 1 atom stereocenters. The van der Waals surface area contributed by atoms with Gasteiger partial charge in [0.2, 0.25) is 0 Å². The molecule has 167 valence electrons. The van der Waals surface area contributed by atoms with E-state index < -0.39 is 6.10 Å². The third kappa shape index (κ3) is 10.8. The first-order valence-electron chi connectivity index (χ1n) is 10.0. The Labute approximate surface area is 203 Å². The van der Waals surface area contributed by atoms with Gasteiger partial charge in [-0.2, -0.15) is 0 Å². The predicted octanol–water partition coefficient (Wildman–Crippen LogP) is 6.32. The summed E-state index contributed by atoms with van der Waals surface area (Å²) in [5.41, 5.74) is 4.38. The van der Waals surface area contributed by atoms with Crippen LogP contribution < -0.4 is 0 Å². The molecule has 4 rings (SSSR count). The molecule has 0 aliphatic heterocycles. The van der Waals surface area contributed by atoms with Gasteiger partial charge in [-0.15, -0.1) is 0 Å². The molecule has 0 fully saturated rings. The van der Waals surface area contributed by atoms with Crippen molar-refractivity contribution in [1.29, 1.82) is 0 Å². The Morgan fingerprint density at radius 3 is 1.31 bits per heavy atom. The van der Waals surface area contributed by atoms with E-state index in [1.54, 1.807) is 6.92 Å². The van der Waals surface area contributed by atoms with E-state index in [2.05, 4.69) is 34.2 Å². The van der Waals surface area contributed by atoms with E-state index in [-0.39, 0.29) is 25.9 Å². The maximum absolute atomic E-state index is 8.49. The summed E-state index contributed by atoms with van der Waals surface area (Å²) < 4.78 is 0. The first kappa shape index (κ1) is 26.9. The van der Waals surface area contributed by atoms with Gasteiger partial charge in [0.1, 0.15) is 0 Å². The fourth-order valence-electron chi connectivity index (χ4n) is 2.63. The monoisotopic (exact) mass is 605 g/mol. The molecule has 1 radical (unpaired) electrons. The van der Waals surface area contributed by atoms with Crippen molar-refractivity contribution in [3.8, 4) is 22.5 Å². The van der Waals surface area contributed by atoms with E-state index in [1.807, 2.05) is 85.2 Å². The van der Waals surface area contributed by atoms with Crippen LogP contribution in [-0.4, -0.2) is 26.3 Å². The standard InChI is InChI=1S/2C11H9N.C5H10O2.Ir/c2*1-2-6-10(7-3-1)11-8-4-5-9-12-11;1-4(6)3-5(2)7;/h2*1-9H;3-4,6-7H,1-2H3;/b;;5-3-;. The van der Waals surface area contributed by atoms with Crippen LogP contribution in [0.15, 0.2) is 121 Å². The molecule has 2 heterocycles. The normalized spacial score (nSPS) is 10.9. The Balaban J connectivity index is 0.000000246. The van der Waals surface area contributed by atoms with Crippen LogP contribution in [0.5, 0.6) is 0 Å². The molecule has 0 bridgehead atoms. The van der Waals surface area contributed by atoms with E-state index in [9.17, 15) is 0 Å². The maximum atomic E-state index is 8.49. The largest absolute Gasteiger partial charge is 0.513 e. The van der Waals surface area contributed by atoms with Crippen LogP contribution in [0, 0.1) is 0 Å². The van der Waals surface area contributed by atoms with Crippen LogP contribution in [0.3, 0.4) is 0 Å². The minimum Gasteiger partial charge on any atom is -0.513 e. The molecule has 2 aromatic carbocycles. The number of hydrogen-bond donors (Lipinski definition) is 2. The van der Waals surface area contributed by atoms with Crippen molar-refractivity contribution < 1.29 is 30.3 Å². The van der Waals surface area contributed by atoms with Crippen molar-refractivity contribution in [2.24, 2.45) is 0 Å². The Hall–Kier alpha value is -3.11. The van der Waals surface area contributed by atoms with Gasteiger partial charge in [0, 0.05) is 43.6 Å². The summed E-state index contributed by atoms with van der Waals surface area (Å²) in [6.07, 6.45) is 4.44. The van der Waals surface area contributed by atoms with Gasteiger partial charge in [0.15, 0.2) is 0 Å². The summed E-state index contributed by atoms with van der Waals surface area (Å²) in [6.45, 7) is 3.10. The van der Waals surface area contributed by atoms with Crippen LogP contribution in [0.2, 0.25) is 0 Å². The number of nitrogens with zero attached hydrogens (tertiary/aromatic N) is 2. The molecule has 32 heavy (non-hydrogen) atoms. The second-order valence-corrected chi connectivity index (χ2v) is 6.71. The Morgan fingerprint density at radius 1 is 0.688 bits per heavy atom. The van der Waals surface area contributed by atoms with Crippen LogP contribution in [0.25, 0.3) is 22.5 Å². The van der Waals surface area contributed by atoms with Crippen LogP contribution in [0.4, 0.5) is 0 Å². The zero-order valence-electron chi connectivity index (χ0n) is 18.2. The molecule has 1 unspecified atom stereocenters. The smallest absolute Gasteiger partial charge is 0.0877 e. The molecule has 0 spiro atoms. The molecule has 0 saturated heterocycles. The minimum absolute atomic E-state index is 0. The van der Waals surface area contributed by atoms with Gasteiger partial charge < -0.3 is 10.2 Å². The number of hydrogen-bond acceptors (Lipinski definition) is 4. The molecule has 5 heteroatoms. The van der Waals surface area contributed by atoms with Crippen LogP contribution >= 0.6 is 0 Å². The second-order valence-electron chi connectivity index (χ2n) is 6.71. The summed E-state index contributed by atoms with van der Waals surface area (Å²) in [4.78, 5) is 8.50. The molecular weight excluding hydrogens is 577 g/mol. The molecule has 0 aliphatic carbocycles. The number of allylic oxidation sites excluding steroid dienone is 1. The van der Waals surface area contributed by atoms with E-state index in [0.29, 0.717) is 0 Å². The Kier molecular flexibility index (Phi) is 13.2. The number of benzene rings is 2. The average Bonchev–Trinajstić information content (AvgIpc) is 2.81. The maximum Gasteiger partial charge on any atom is 0.0877 e. The van der Waals surface area contributed by atoms with Gasteiger partial charge in [-0.1, -0.05) is 72.8 Å². The summed E-state index contributed by atoms with van der Waals surface area (Å²) in [5.74, 6) is 0.162. The Morgan fingerprint density at radius 2 is 1.06 bits per heavy atom. The quantitative estimate of drug-likeness (QED) is 0.269. The number of aromatic nitrogens is 2. The molecule has 2 aromatic heterocycles. The fraction of sp³-hybridized carbons (Fsp3) is 0.111. The average molecular weight is 605 g/mol. The molecule has 0 saturated carbocycles. The summed E-state index contributed by atoms with van der Waals surface area (Å²) in [6, 6.07) is 32.2. The zero-order valence-corrected chi connectivity index (χ0v) is 20.6. The number of aliphatic hydroxyl groups is 2. The van der Waals surface area contributed by atoms with Gasteiger partial charge in [-0.3, -0.25) is 9.97 Å². The van der Waals surface area contributed by atoms with Crippen molar-refractivity contribution in [2.45, 2.75) is 20.0 Å². The zero-order chi connectivity index (χ0) is 22.3. The number of pyridine rings is 2. The van der Waals surface area contributed by atoms with Crippen molar-refractivity contribution in [2.75, 3.05) is 0 Å². The van der Waals surface area contributed by atoms with E-state index >= 15 is 0 Å². The summed E-state index contributed by atoms with van der Waals surface area (Å²) in [7, 11) is 0. The van der Waals surface area contributed by atoms with Gasteiger partial charge in [0.25, 0.3) is 0 Å². The SMILES string of the molecule is C/C(O)=C/C(C)O.[Ir].c1ccc(-c2ccccn2)cc1.c1ccc(-c2ccccn2)cc1. The van der Waals surface area contributed by atoms with Crippen molar-refractivity contribution in [3.05, 3.63) is 121 Å². The van der Waals surface area contributed by atoms with Crippen molar-refractivity contribution in [1.82, 2.24) is 9.97 Å². The first-order chi connectivity index (χ1) is 15.1. The van der Waals surface area contributed by atoms with Gasteiger partial charge in [-0.05, 0) is 44.2 Å². The molecule has 0 aliphatic rings. The minimum atomic E-state index is -0.537. The number of rotatable bonds is 3. The summed E-state index contributed by atoms with van der Waals surface area (Å²) in [5, 5.41) is 16.9. The summed E-state index contributed by atoms with van der Waals surface area (Å²) >= 11 is 0. The fourth-order valence-corrected chi connectivity index (χ4v) is 2.63. The Bertz CT molecular complexity index is 856. The first-order valence-corrected chi connectivity index (χ1v) is 10.0. The third-order valence-corrected chi connectivity index (χ3v) is 3.95. The molecule has 4 nitrogen and oxygen atoms in total.